The molecule has 124 valence electrons. The molecule has 1 fully saturated rings. The maximum absolute atomic E-state index is 11.2. The summed E-state index contributed by atoms with van der Waals surface area (Å²) in [5, 5.41) is 42.1. The third-order valence-electron chi connectivity index (χ3n) is 3.82. The molecule has 8 nitrogen and oxygen atoms in total. The van der Waals surface area contributed by atoms with Crippen molar-refractivity contribution in [1.82, 2.24) is 0 Å². The van der Waals surface area contributed by atoms with Crippen molar-refractivity contribution in [2.75, 3.05) is 11.9 Å². The van der Waals surface area contributed by atoms with Gasteiger partial charge in [0.1, 0.15) is 30.0 Å². The molecular formula is C15H17NO7. The number of benzene rings is 1. The highest BCUT2D eigenvalue weighted by Gasteiger charge is 2.42. The second-order valence-electron chi connectivity index (χ2n) is 5.42. The number of ether oxygens (including phenoxy) is 1. The van der Waals surface area contributed by atoms with Crippen LogP contribution in [0, 0.1) is 0 Å². The van der Waals surface area contributed by atoms with Gasteiger partial charge in [-0.1, -0.05) is 0 Å². The van der Waals surface area contributed by atoms with Crippen LogP contribution in [0.25, 0.3) is 11.0 Å². The predicted molar refractivity (Wildman–Crippen MR) is 79.9 cm³/mol. The molecule has 2 aromatic rings. The molecule has 0 saturated carbocycles. The third kappa shape index (κ3) is 3.21. The molecule has 5 N–H and O–H groups in total. The van der Waals surface area contributed by atoms with Crippen LogP contribution < -0.4 is 10.9 Å². The van der Waals surface area contributed by atoms with E-state index < -0.39 is 36.3 Å². The van der Waals surface area contributed by atoms with Gasteiger partial charge in [-0.05, 0) is 18.2 Å². The van der Waals surface area contributed by atoms with E-state index in [4.69, 9.17) is 9.15 Å². The number of fused-ring (bicyclic) bond motifs is 1. The van der Waals surface area contributed by atoms with Crippen LogP contribution in [0.5, 0.6) is 0 Å². The van der Waals surface area contributed by atoms with Crippen molar-refractivity contribution in [2.24, 2.45) is 0 Å². The van der Waals surface area contributed by atoms with Gasteiger partial charge in [0.25, 0.3) is 0 Å². The summed E-state index contributed by atoms with van der Waals surface area (Å²) in [6.07, 6.45) is -6.90. The molecule has 0 aliphatic carbocycles. The fraction of sp³-hybridized carbons (Fsp3) is 0.400. The zero-order valence-corrected chi connectivity index (χ0v) is 12.0. The Bertz CT molecular complexity index is 746. The lowest BCUT2D eigenvalue weighted by molar-refractivity contribution is -0.278. The number of hydrogen-bond donors (Lipinski definition) is 5. The van der Waals surface area contributed by atoms with Gasteiger partial charge in [0.05, 0.1) is 0 Å². The number of aliphatic hydroxyl groups excluding tert-OH is 4. The summed E-state index contributed by atoms with van der Waals surface area (Å²) in [6, 6.07) is 8.10. The number of aliphatic hydroxyl groups is 4. The van der Waals surface area contributed by atoms with Crippen LogP contribution in [-0.4, -0.2) is 57.7 Å². The summed E-state index contributed by atoms with van der Waals surface area (Å²) >= 11 is 0. The van der Waals surface area contributed by atoms with Crippen LogP contribution in [0.4, 0.5) is 5.69 Å². The molecule has 3 rings (SSSR count). The summed E-state index contributed by atoms with van der Waals surface area (Å²) in [5.74, 6) is 0. The molecular weight excluding hydrogens is 306 g/mol. The average Bonchev–Trinajstić information content (AvgIpc) is 2.54. The van der Waals surface area contributed by atoms with E-state index >= 15 is 0 Å². The van der Waals surface area contributed by atoms with Crippen molar-refractivity contribution in [1.29, 1.82) is 0 Å². The molecule has 0 spiro atoms. The molecule has 3 unspecified atom stereocenters. The molecule has 23 heavy (non-hydrogen) atoms. The second kappa shape index (κ2) is 6.26. The van der Waals surface area contributed by atoms with Crippen molar-refractivity contribution in [3.8, 4) is 0 Å². The van der Waals surface area contributed by atoms with Gasteiger partial charge >= 0.3 is 5.63 Å². The molecule has 1 saturated heterocycles. The highest BCUT2D eigenvalue weighted by Crippen LogP contribution is 2.22. The van der Waals surface area contributed by atoms with Crippen molar-refractivity contribution in [3.05, 3.63) is 40.8 Å². The Morgan fingerprint density at radius 3 is 2.52 bits per heavy atom. The number of anilines is 1. The Morgan fingerprint density at radius 2 is 1.74 bits per heavy atom. The van der Waals surface area contributed by atoms with E-state index in [0.29, 0.717) is 11.3 Å². The van der Waals surface area contributed by atoms with E-state index in [2.05, 4.69) is 5.32 Å². The number of nitrogens with one attached hydrogen (secondary N) is 1. The lowest BCUT2D eigenvalue weighted by Gasteiger charge is -2.38. The molecule has 1 aromatic heterocycles. The van der Waals surface area contributed by atoms with E-state index in [-0.39, 0.29) is 6.54 Å². The van der Waals surface area contributed by atoms with E-state index in [1.165, 1.54) is 6.07 Å². The van der Waals surface area contributed by atoms with E-state index in [1.807, 2.05) is 0 Å². The maximum atomic E-state index is 11.2. The molecule has 0 bridgehead atoms. The zero-order chi connectivity index (χ0) is 16.6. The van der Waals surface area contributed by atoms with Crippen molar-refractivity contribution in [2.45, 2.75) is 30.7 Å². The summed E-state index contributed by atoms with van der Waals surface area (Å²) in [5.41, 5.74) is 0.557. The lowest BCUT2D eigenvalue weighted by Crippen LogP contribution is -2.59. The molecule has 8 heteroatoms. The number of rotatable bonds is 3. The van der Waals surface area contributed by atoms with Gasteiger partial charge in [-0.3, -0.25) is 0 Å². The van der Waals surface area contributed by atoms with Crippen LogP contribution in [0.15, 0.2) is 39.5 Å². The van der Waals surface area contributed by atoms with E-state index in [0.717, 1.165) is 5.39 Å². The smallest absolute Gasteiger partial charge is 0.336 e. The van der Waals surface area contributed by atoms with E-state index in [9.17, 15) is 25.2 Å². The Morgan fingerprint density at radius 1 is 1.00 bits per heavy atom. The highest BCUT2D eigenvalue weighted by molar-refractivity contribution is 5.80. The van der Waals surface area contributed by atoms with Gasteiger partial charge in [-0.25, -0.2) is 4.79 Å². The SMILES string of the molecule is O=c1ccc2ccc(NCC3OC(O)C(O)[C@@H](O)[C@H]3O)cc2o1. The monoisotopic (exact) mass is 323 g/mol. The van der Waals surface area contributed by atoms with Crippen LogP contribution in [0.3, 0.4) is 0 Å². The van der Waals surface area contributed by atoms with Gasteiger partial charge in [0, 0.05) is 29.8 Å². The Kier molecular flexibility index (Phi) is 4.33. The quantitative estimate of drug-likeness (QED) is 0.455. The average molecular weight is 323 g/mol. The van der Waals surface area contributed by atoms with Gasteiger partial charge in [-0.15, -0.1) is 0 Å². The number of hydrogen-bond acceptors (Lipinski definition) is 8. The first-order valence-corrected chi connectivity index (χ1v) is 7.11. The molecule has 1 aliphatic heterocycles. The zero-order valence-electron chi connectivity index (χ0n) is 12.0. The summed E-state index contributed by atoms with van der Waals surface area (Å²) in [7, 11) is 0. The van der Waals surface area contributed by atoms with Gasteiger partial charge in [0.15, 0.2) is 6.29 Å². The molecule has 0 amide bonds. The van der Waals surface area contributed by atoms with Crippen LogP contribution in [0.1, 0.15) is 0 Å². The van der Waals surface area contributed by atoms with Gasteiger partial charge in [-0.2, -0.15) is 0 Å². The van der Waals surface area contributed by atoms with Crippen LogP contribution in [-0.2, 0) is 4.74 Å². The van der Waals surface area contributed by atoms with Crippen molar-refractivity contribution >= 4 is 16.7 Å². The van der Waals surface area contributed by atoms with Gasteiger partial charge in [0.2, 0.25) is 0 Å². The second-order valence-corrected chi connectivity index (χ2v) is 5.42. The molecule has 1 aromatic carbocycles. The first-order valence-electron chi connectivity index (χ1n) is 7.11. The topological polar surface area (TPSA) is 132 Å². The fourth-order valence-corrected chi connectivity index (χ4v) is 2.49. The standard InChI is InChI=1S/C15H17NO7/c17-11-4-2-7-1-3-8(5-9(7)22-11)16-6-10-12(18)13(19)14(20)15(21)23-10/h1-5,10,12-16,18-21H,6H2/t10?,12-,13-,14?,15?/m0/s1. The Labute approximate surface area is 130 Å². The summed E-state index contributed by atoms with van der Waals surface area (Å²) in [6.45, 7) is 0.0740. The largest absolute Gasteiger partial charge is 0.423 e. The minimum absolute atomic E-state index is 0.0740. The normalized spacial score (nSPS) is 31.2. The van der Waals surface area contributed by atoms with Crippen molar-refractivity contribution in [3.63, 3.8) is 0 Å². The first-order chi connectivity index (χ1) is 11.0. The summed E-state index contributed by atoms with van der Waals surface area (Å²) in [4.78, 5) is 11.2. The maximum Gasteiger partial charge on any atom is 0.336 e. The minimum atomic E-state index is -1.57. The predicted octanol–water partition coefficient (Wildman–Crippen LogP) is -0.995. The first kappa shape index (κ1) is 15.9. The molecule has 5 atom stereocenters. The lowest BCUT2D eigenvalue weighted by atomic mass is 9.99. The molecule has 1 aliphatic rings. The highest BCUT2D eigenvalue weighted by atomic mass is 16.6. The van der Waals surface area contributed by atoms with Crippen molar-refractivity contribution < 1.29 is 29.6 Å². The van der Waals surface area contributed by atoms with Crippen LogP contribution in [0.2, 0.25) is 0 Å². The molecule has 2 heterocycles. The Balaban J connectivity index is 1.71. The van der Waals surface area contributed by atoms with Gasteiger partial charge < -0.3 is 34.9 Å². The fourth-order valence-electron chi connectivity index (χ4n) is 2.49. The van der Waals surface area contributed by atoms with Crippen LogP contribution >= 0.6 is 0 Å². The third-order valence-corrected chi connectivity index (χ3v) is 3.82. The Hall–Kier alpha value is -1.97. The minimum Gasteiger partial charge on any atom is -0.423 e. The summed E-state index contributed by atoms with van der Waals surface area (Å²) < 4.78 is 10.1. The van der Waals surface area contributed by atoms with E-state index in [1.54, 1.807) is 24.3 Å². The molecule has 0 radical (unpaired) electrons.